The van der Waals surface area contributed by atoms with E-state index in [2.05, 4.69) is 9.97 Å². The molecule has 1 aromatic rings. The maximum absolute atomic E-state index is 11.5. The largest absolute Gasteiger partial charge is 0.468 e. The summed E-state index contributed by atoms with van der Waals surface area (Å²) in [5.41, 5.74) is 0.724. The predicted molar refractivity (Wildman–Crippen MR) is 49.5 cm³/mol. The molecule has 74 valence electrons. The van der Waals surface area contributed by atoms with E-state index in [0.29, 0.717) is 5.92 Å². The molecule has 0 spiro atoms. The van der Waals surface area contributed by atoms with Crippen molar-refractivity contribution in [2.45, 2.75) is 18.8 Å². The van der Waals surface area contributed by atoms with Crippen molar-refractivity contribution in [1.29, 1.82) is 0 Å². The molecular weight excluding hydrogens is 180 g/mol. The van der Waals surface area contributed by atoms with E-state index in [1.165, 1.54) is 7.11 Å². The minimum absolute atomic E-state index is 0.201. The van der Waals surface area contributed by atoms with Gasteiger partial charge in [0, 0.05) is 18.6 Å². The van der Waals surface area contributed by atoms with E-state index in [1.807, 2.05) is 0 Å². The lowest BCUT2D eigenvalue weighted by atomic mass is 10.0. The lowest BCUT2D eigenvalue weighted by molar-refractivity contribution is -0.143. The number of carbonyl (C=O) groups is 1. The molecule has 0 saturated heterocycles. The molecule has 1 aliphatic carbocycles. The highest BCUT2D eigenvalue weighted by molar-refractivity contribution is 5.78. The highest BCUT2D eigenvalue weighted by Crippen LogP contribution is 2.42. The van der Waals surface area contributed by atoms with Crippen LogP contribution in [-0.4, -0.2) is 23.0 Å². The molecule has 1 aliphatic rings. The molecule has 0 N–H and O–H groups in total. The summed E-state index contributed by atoms with van der Waals surface area (Å²) in [6, 6.07) is 0. The third kappa shape index (κ3) is 1.73. The van der Waals surface area contributed by atoms with E-state index in [9.17, 15) is 4.79 Å². The molecular formula is C10H12N2O2. The van der Waals surface area contributed by atoms with Gasteiger partial charge in [-0.25, -0.2) is 0 Å². The average molecular weight is 192 g/mol. The Labute approximate surface area is 82.3 Å². The van der Waals surface area contributed by atoms with Gasteiger partial charge in [0.15, 0.2) is 0 Å². The minimum atomic E-state index is -0.214. The van der Waals surface area contributed by atoms with E-state index in [-0.39, 0.29) is 11.9 Å². The van der Waals surface area contributed by atoms with Gasteiger partial charge in [0.05, 0.1) is 12.8 Å². The van der Waals surface area contributed by atoms with Gasteiger partial charge < -0.3 is 4.74 Å². The molecule has 1 atom stereocenters. The van der Waals surface area contributed by atoms with E-state index in [4.69, 9.17) is 4.74 Å². The third-order valence-electron chi connectivity index (χ3n) is 2.45. The Balaban J connectivity index is 2.22. The maximum Gasteiger partial charge on any atom is 0.315 e. The van der Waals surface area contributed by atoms with Gasteiger partial charge in [-0.1, -0.05) is 0 Å². The average Bonchev–Trinajstić information content (AvgIpc) is 3.04. The van der Waals surface area contributed by atoms with Crippen LogP contribution in [0.3, 0.4) is 0 Å². The fourth-order valence-electron chi connectivity index (χ4n) is 1.58. The van der Waals surface area contributed by atoms with Crippen molar-refractivity contribution in [3.8, 4) is 0 Å². The van der Waals surface area contributed by atoms with Gasteiger partial charge >= 0.3 is 5.97 Å². The molecule has 14 heavy (non-hydrogen) atoms. The number of carbonyl (C=O) groups excluding carboxylic acids is 1. The van der Waals surface area contributed by atoms with Gasteiger partial charge in [-0.2, -0.15) is 0 Å². The van der Waals surface area contributed by atoms with Crippen LogP contribution < -0.4 is 0 Å². The Morgan fingerprint density at radius 1 is 1.57 bits per heavy atom. The van der Waals surface area contributed by atoms with Crippen LogP contribution in [0.2, 0.25) is 0 Å². The molecule has 1 saturated carbocycles. The summed E-state index contributed by atoms with van der Waals surface area (Å²) in [6.45, 7) is 0. The topological polar surface area (TPSA) is 52.1 Å². The summed E-state index contributed by atoms with van der Waals surface area (Å²) in [7, 11) is 1.41. The zero-order valence-electron chi connectivity index (χ0n) is 8.01. The molecule has 1 fully saturated rings. The quantitative estimate of drug-likeness (QED) is 0.674. The number of hydrogen-bond acceptors (Lipinski definition) is 4. The Morgan fingerprint density at radius 3 is 2.86 bits per heavy atom. The minimum Gasteiger partial charge on any atom is -0.468 e. The molecule has 1 aromatic heterocycles. The molecule has 4 nitrogen and oxygen atoms in total. The number of methoxy groups -OCH3 is 1. The zero-order valence-corrected chi connectivity index (χ0v) is 8.01. The zero-order chi connectivity index (χ0) is 9.97. The molecule has 0 amide bonds. The smallest absolute Gasteiger partial charge is 0.315 e. The predicted octanol–water partition coefficient (Wildman–Crippen LogP) is 1.14. The fourth-order valence-corrected chi connectivity index (χ4v) is 1.58. The molecule has 1 unspecified atom stereocenters. The first-order chi connectivity index (χ1) is 6.83. The summed E-state index contributed by atoms with van der Waals surface area (Å²) < 4.78 is 4.76. The number of nitrogens with zero attached hydrogens (tertiary/aromatic N) is 2. The van der Waals surface area contributed by atoms with Gasteiger partial charge in [-0.15, -0.1) is 0 Å². The van der Waals surface area contributed by atoms with Crippen molar-refractivity contribution in [2.24, 2.45) is 5.92 Å². The summed E-state index contributed by atoms with van der Waals surface area (Å²) in [4.78, 5) is 19.6. The molecule has 0 aromatic carbocycles. The van der Waals surface area contributed by atoms with Crippen molar-refractivity contribution in [2.75, 3.05) is 7.11 Å². The summed E-state index contributed by atoms with van der Waals surface area (Å²) in [5.74, 6) is -0.0131. The van der Waals surface area contributed by atoms with Gasteiger partial charge in [0.2, 0.25) is 0 Å². The molecule has 0 bridgehead atoms. The van der Waals surface area contributed by atoms with E-state index in [1.54, 1.807) is 18.6 Å². The second kappa shape index (κ2) is 3.74. The summed E-state index contributed by atoms with van der Waals surface area (Å²) in [5, 5.41) is 0. The number of hydrogen-bond donors (Lipinski definition) is 0. The first kappa shape index (κ1) is 9.12. The molecule has 1 heterocycles. The van der Waals surface area contributed by atoms with E-state index < -0.39 is 0 Å². The Morgan fingerprint density at radius 2 is 2.36 bits per heavy atom. The molecule has 0 aliphatic heterocycles. The SMILES string of the molecule is COC(=O)C(c1cnccn1)C1CC1. The Kier molecular flexibility index (Phi) is 2.43. The fraction of sp³-hybridized carbons (Fsp3) is 0.500. The van der Waals surface area contributed by atoms with Crippen LogP contribution in [-0.2, 0) is 9.53 Å². The van der Waals surface area contributed by atoms with Crippen LogP contribution in [0.4, 0.5) is 0 Å². The lowest BCUT2D eigenvalue weighted by Gasteiger charge is -2.11. The third-order valence-corrected chi connectivity index (χ3v) is 2.45. The summed E-state index contributed by atoms with van der Waals surface area (Å²) in [6.07, 6.45) is 7.00. The van der Waals surface area contributed by atoms with Crippen molar-refractivity contribution in [3.63, 3.8) is 0 Å². The van der Waals surface area contributed by atoms with Crippen molar-refractivity contribution in [3.05, 3.63) is 24.3 Å². The summed E-state index contributed by atoms with van der Waals surface area (Å²) >= 11 is 0. The van der Waals surface area contributed by atoms with E-state index >= 15 is 0 Å². The Bertz CT molecular complexity index is 322. The first-order valence-corrected chi connectivity index (χ1v) is 4.66. The second-order valence-corrected chi connectivity index (χ2v) is 3.47. The van der Waals surface area contributed by atoms with Gasteiger partial charge in [0.1, 0.15) is 5.92 Å². The van der Waals surface area contributed by atoms with Crippen molar-refractivity contribution >= 4 is 5.97 Å². The van der Waals surface area contributed by atoms with Gasteiger partial charge in [0.25, 0.3) is 0 Å². The van der Waals surface area contributed by atoms with Crippen LogP contribution >= 0.6 is 0 Å². The first-order valence-electron chi connectivity index (χ1n) is 4.66. The highest BCUT2D eigenvalue weighted by atomic mass is 16.5. The maximum atomic E-state index is 11.5. The molecule has 0 radical (unpaired) electrons. The van der Waals surface area contributed by atoms with Crippen molar-refractivity contribution in [1.82, 2.24) is 9.97 Å². The number of ether oxygens (including phenoxy) is 1. The number of aromatic nitrogens is 2. The van der Waals surface area contributed by atoms with Crippen LogP contribution in [0.25, 0.3) is 0 Å². The van der Waals surface area contributed by atoms with Gasteiger partial charge in [-0.05, 0) is 18.8 Å². The highest BCUT2D eigenvalue weighted by Gasteiger charge is 2.39. The number of esters is 1. The van der Waals surface area contributed by atoms with Crippen molar-refractivity contribution < 1.29 is 9.53 Å². The van der Waals surface area contributed by atoms with Crippen LogP contribution in [0.1, 0.15) is 24.5 Å². The second-order valence-electron chi connectivity index (χ2n) is 3.47. The van der Waals surface area contributed by atoms with Crippen LogP contribution in [0.5, 0.6) is 0 Å². The van der Waals surface area contributed by atoms with E-state index in [0.717, 1.165) is 18.5 Å². The van der Waals surface area contributed by atoms with Crippen LogP contribution in [0, 0.1) is 5.92 Å². The monoisotopic (exact) mass is 192 g/mol. The van der Waals surface area contributed by atoms with Gasteiger partial charge in [-0.3, -0.25) is 14.8 Å². The lowest BCUT2D eigenvalue weighted by Crippen LogP contribution is -2.17. The van der Waals surface area contributed by atoms with Crippen LogP contribution in [0.15, 0.2) is 18.6 Å². The standard InChI is InChI=1S/C10H12N2O2/c1-14-10(13)9(7-2-3-7)8-6-11-4-5-12-8/h4-7,9H,2-3H2,1H3. The Hall–Kier alpha value is -1.45. The normalized spacial score (nSPS) is 17.5. The number of rotatable bonds is 3. The molecule has 2 rings (SSSR count). The molecule has 4 heteroatoms.